The number of aromatic nitrogens is 2. The molecule has 1 aliphatic heterocycles. The lowest BCUT2D eigenvalue weighted by Crippen LogP contribution is -2.29. The van der Waals surface area contributed by atoms with Crippen molar-refractivity contribution in [3.05, 3.63) is 20.8 Å². The monoisotopic (exact) mass is 408 g/mol. The lowest BCUT2D eigenvalue weighted by molar-refractivity contribution is -0.137. The smallest absolute Gasteiger partial charge is 0.316 e. The summed E-state index contributed by atoms with van der Waals surface area (Å²) in [7, 11) is 1.37. The zero-order valence-electron chi connectivity index (χ0n) is 15.7. The van der Waals surface area contributed by atoms with Crippen LogP contribution in [0.2, 0.25) is 0 Å². The zero-order chi connectivity index (χ0) is 19.0. The van der Waals surface area contributed by atoms with Crippen molar-refractivity contribution in [2.45, 2.75) is 56.8 Å². The molecule has 27 heavy (non-hydrogen) atoms. The predicted octanol–water partition coefficient (Wildman–Crippen LogP) is 3.03. The average Bonchev–Trinajstić information content (AvgIpc) is 3.29. The van der Waals surface area contributed by atoms with Gasteiger partial charge in [-0.2, -0.15) is 0 Å². The lowest BCUT2D eigenvalue weighted by Gasteiger charge is -2.18. The van der Waals surface area contributed by atoms with Crippen LogP contribution < -0.4 is 5.56 Å². The molecule has 0 aromatic carbocycles. The van der Waals surface area contributed by atoms with Gasteiger partial charge in [0.15, 0.2) is 5.16 Å². The maximum Gasteiger partial charge on any atom is 0.316 e. The van der Waals surface area contributed by atoms with Gasteiger partial charge in [0.2, 0.25) is 0 Å². The molecule has 2 aromatic rings. The van der Waals surface area contributed by atoms with Gasteiger partial charge in [0.1, 0.15) is 4.83 Å². The number of carbonyl (C=O) groups excluding carboxylic acids is 1. The summed E-state index contributed by atoms with van der Waals surface area (Å²) in [6.45, 7) is 3.49. The molecule has 2 atom stereocenters. The van der Waals surface area contributed by atoms with Crippen molar-refractivity contribution in [3.63, 3.8) is 0 Å². The summed E-state index contributed by atoms with van der Waals surface area (Å²) in [5.74, 6) is 0.465. The average molecular weight is 409 g/mol. The van der Waals surface area contributed by atoms with E-state index in [2.05, 4.69) is 6.92 Å². The Morgan fingerprint density at radius 3 is 3.04 bits per heavy atom. The number of esters is 1. The Morgan fingerprint density at radius 2 is 2.30 bits per heavy atom. The number of ether oxygens (including phenoxy) is 2. The normalized spacial score (nSPS) is 22.1. The Hall–Kier alpha value is -1.38. The first-order valence-electron chi connectivity index (χ1n) is 9.43. The van der Waals surface area contributed by atoms with E-state index in [4.69, 9.17) is 14.5 Å². The molecule has 0 radical (unpaired) electrons. The highest BCUT2D eigenvalue weighted by molar-refractivity contribution is 7.99. The Balaban J connectivity index is 1.78. The molecule has 0 amide bonds. The van der Waals surface area contributed by atoms with Crippen molar-refractivity contribution in [1.82, 2.24) is 9.55 Å². The van der Waals surface area contributed by atoms with Crippen molar-refractivity contribution < 1.29 is 14.3 Å². The molecule has 0 spiro atoms. The minimum absolute atomic E-state index is 0.00918. The highest BCUT2D eigenvalue weighted by atomic mass is 32.2. The largest absolute Gasteiger partial charge is 0.468 e. The quantitative estimate of drug-likeness (QED) is 0.430. The van der Waals surface area contributed by atoms with E-state index in [1.165, 1.54) is 29.3 Å². The molecule has 0 saturated carbocycles. The second-order valence-electron chi connectivity index (χ2n) is 7.34. The Morgan fingerprint density at radius 1 is 1.44 bits per heavy atom. The number of aryl methyl sites for hydroxylation is 1. The van der Waals surface area contributed by atoms with Crippen molar-refractivity contribution in [2.75, 3.05) is 19.5 Å². The summed E-state index contributed by atoms with van der Waals surface area (Å²) < 4.78 is 12.2. The van der Waals surface area contributed by atoms with Crippen LogP contribution in [0.3, 0.4) is 0 Å². The van der Waals surface area contributed by atoms with Crippen LogP contribution in [0.4, 0.5) is 0 Å². The first-order chi connectivity index (χ1) is 13.1. The number of methoxy groups -OCH3 is 1. The third-order valence-corrected chi connectivity index (χ3v) is 7.44. The number of rotatable bonds is 5. The number of carbonyl (C=O) groups is 1. The molecule has 0 bridgehead atoms. The number of hydrogen-bond donors (Lipinski definition) is 0. The van der Waals surface area contributed by atoms with Crippen LogP contribution in [0.1, 0.15) is 36.6 Å². The van der Waals surface area contributed by atoms with E-state index in [9.17, 15) is 9.59 Å². The molecule has 4 rings (SSSR count). The SMILES string of the molecule is COC(=O)CSc1nc2sc3c(c2c(=O)n1C[C@H]1CCCO1)CC[C@@H](C)C3. The second-order valence-corrected chi connectivity index (χ2v) is 9.37. The second kappa shape index (κ2) is 7.93. The standard InChI is InChI=1S/C19H24N2O4S2/c1-11-5-6-13-14(8-11)27-17-16(13)18(23)21(9-12-4-3-7-25-12)19(20-17)26-10-15(22)24-2/h11-12H,3-10H2,1-2H3/t11-,12-/m1/s1. The van der Waals surface area contributed by atoms with Crippen LogP contribution >= 0.6 is 23.1 Å². The van der Waals surface area contributed by atoms with Gasteiger partial charge in [-0.25, -0.2) is 4.98 Å². The molecule has 1 fully saturated rings. The molecule has 6 nitrogen and oxygen atoms in total. The van der Waals surface area contributed by atoms with Crippen LogP contribution in [0, 0.1) is 5.92 Å². The van der Waals surface area contributed by atoms with Crippen molar-refractivity contribution >= 4 is 39.3 Å². The van der Waals surface area contributed by atoms with E-state index >= 15 is 0 Å². The van der Waals surface area contributed by atoms with Crippen LogP contribution in [0.15, 0.2) is 9.95 Å². The molecule has 2 aromatic heterocycles. The van der Waals surface area contributed by atoms with Gasteiger partial charge in [0, 0.05) is 11.5 Å². The summed E-state index contributed by atoms with van der Waals surface area (Å²) in [4.78, 5) is 31.9. The molecular weight excluding hydrogens is 384 g/mol. The van der Waals surface area contributed by atoms with Crippen molar-refractivity contribution in [3.8, 4) is 0 Å². The minimum atomic E-state index is -0.322. The van der Waals surface area contributed by atoms with Crippen LogP contribution in [0.5, 0.6) is 0 Å². The van der Waals surface area contributed by atoms with E-state index in [0.717, 1.165) is 48.9 Å². The highest BCUT2D eigenvalue weighted by Crippen LogP contribution is 2.36. The number of nitrogens with zero attached hydrogens (tertiary/aromatic N) is 2. The summed E-state index contributed by atoms with van der Waals surface area (Å²) in [6.07, 6.45) is 5.08. The van der Waals surface area contributed by atoms with Crippen LogP contribution in [0.25, 0.3) is 10.2 Å². The third-order valence-electron chi connectivity index (χ3n) is 5.34. The number of hydrogen-bond acceptors (Lipinski definition) is 7. The lowest BCUT2D eigenvalue weighted by atomic mass is 9.89. The minimum Gasteiger partial charge on any atom is -0.468 e. The van der Waals surface area contributed by atoms with Gasteiger partial charge in [-0.05, 0) is 43.6 Å². The van der Waals surface area contributed by atoms with Gasteiger partial charge in [-0.1, -0.05) is 18.7 Å². The molecule has 1 aliphatic carbocycles. The zero-order valence-corrected chi connectivity index (χ0v) is 17.3. The van der Waals surface area contributed by atoms with Gasteiger partial charge >= 0.3 is 5.97 Å². The molecule has 0 N–H and O–H groups in total. The number of fused-ring (bicyclic) bond motifs is 3. The number of thioether (sulfide) groups is 1. The highest BCUT2D eigenvalue weighted by Gasteiger charge is 2.26. The Bertz CT molecular complexity index is 915. The van der Waals surface area contributed by atoms with Gasteiger partial charge in [-0.15, -0.1) is 11.3 Å². The Labute approximate surface area is 166 Å². The van der Waals surface area contributed by atoms with E-state index in [1.54, 1.807) is 15.9 Å². The van der Waals surface area contributed by atoms with Crippen LogP contribution in [-0.4, -0.2) is 41.1 Å². The molecule has 146 valence electrons. The first-order valence-corrected chi connectivity index (χ1v) is 11.2. The summed E-state index contributed by atoms with van der Waals surface area (Å²) >= 11 is 2.91. The van der Waals surface area contributed by atoms with E-state index < -0.39 is 0 Å². The van der Waals surface area contributed by atoms with Gasteiger partial charge in [-0.3, -0.25) is 14.2 Å². The topological polar surface area (TPSA) is 70.4 Å². The van der Waals surface area contributed by atoms with E-state index in [1.807, 2.05) is 0 Å². The van der Waals surface area contributed by atoms with Gasteiger partial charge in [0.05, 0.1) is 30.9 Å². The van der Waals surface area contributed by atoms with E-state index in [-0.39, 0.29) is 23.4 Å². The molecule has 8 heteroatoms. The fraction of sp³-hybridized carbons (Fsp3) is 0.632. The Kier molecular flexibility index (Phi) is 5.57. The fourth-order valence-electron chi connectivity index (χ4n) is 3.85. The molecular formula is C19H24N2O4S2. The van der Waals surface area contributed by atoms with Crippen molar-refractivity contribution in [2.24, 2.45) is 5.92 Å². The van der Waals surface area contributed by atoms with Gasteiger partial charge in [0.25, 0.3) is 5.56 Å². The maximum atomic E-state index is 13.4. The predicted molar refractivity (Wildman–Crippen MR) is 107 cm³/mol. The first kappa shape index (κ1) is 19.0. The molecule has 2 aliphatic rings. The summed E-state index contributed by atoms with van der Waals surface area (Å²) in [5.41, 5.74) is 1.20. The van der Waals surface area contributed by atoms with Crippen LogP contribution in [-0.2, 0) is 33.7 Å². The summed E-state index contributed by atoms with van der Waals surface area (Å²) in [5, 5.41) is 1.36. The molecule has 0 unspecified atom stereocenters. The maximum absolute atomic E-state index is 13.4. The summed E-state index contributed by atoms with van der Waals surface area (Å²) in [6, 6.07) is 0. The molecule has 3 heterocycles. The number of thiophene rings is 1. The fourth-order valence-corrected chi connectivity index (χ4v) is 6.12. The van der Waals surface area contributed by atoms with Gasteiger partial charge < -0.3 is 9.47 Å². The third kappa shape index (κ3) is 3.79. The molecule has 1 saturated heterocycles. The van der Waals surface area contributed by atoms with Crippen molar-refractivity contribution in [1.29, 1.82) is 0 Å². The van der Waals surface area contributed by atoms with E-state index in [0.29, 0.717) is 17.6 Å².